The summed E-state index contributed by atoms with van der Waals surface area (Å²) in [6.45, 7) is -2.06. The molecule has 1 heterocycles. The van der Waals surface area contributed by atoms with Gasteiger partial charge in [0.25, 0.3) is 5.79 Å². The van der Waals surface area contributed by atoms with E-state index in [9.17, 15) is 53.1 Å². The van der Waals surface area contributed by atoms with E-state index in [4.69, 9.17) is 5.11 Å². The van der Waals surface area contributed by atoms with E-state index in [0.717, 1.165) is 0 Å². The standard InChI is InChI=1S/C10H7F11O4/c11-6(12,5(3-4(22)23)24-1-2-25-5)7(13,14)8(15,16)9(17,18)10(19,20)21/h1-3H2,(H,22,23). The summed E-state index contributed by atoms with van der Waals surface area (Å²) in [5, 5.41) is 8.41. The molecule has 0 unspecified atom stereocenters. The maximum absolute atomic E-state index is 13.9. The molecule has 0 aliphatic carbocycles. The number of carboxylic acids is 1. The predicted octanol–water partition coefficient (Wildman–Crippen LogP) is 3.31. The molecular weight excluding hydrogens is 393 g/mol. The van der Waals surface area contributed by atoms with E-state index in [-0.39, 0.29) is 0 Å². The van der Waals surface area contributed by atoms with Crippen LogP contribution in [0.25, 0.3) is 0 Å². The third-order valence-corrected chi connectivity index (χ3v) is 3.16. The third kappa shape index (κ3) is 2.90. The van der Waals surface area contributed by atoms with Crippen LogP contribution in [-0.4, -0.2) is 59.9 Å². The lowest BCUT2D eigenvalue weighted by Crippen LogP contribution is -2.72. The van der Waals surface area contributed by atoms with Gasteiger partial charge in [-0.2, -0.15) is 48.3 Å². The minimum absolute atomic E-state index is 1.03. The molecule has 0 aromatic carbocycles. The van der Waals surface area contributed by atoms with Gasteiger partial charge in [0, 0.05) is 0 Å². The normalized spacial score (nSPS) is 20.0. The molecule has 1 saturated heterocycles. The smallest absolute Gasteiger partial charge is 0.460 e. The summed E-state index contributed by atoms with van der Waals surface area (Å²) in [6.07, 6.45) is -9.55. The fourth-order valence-corrected chi connectivity index (χ4v) is 1.86. The van der Waals surface area contributed by atoms with Crippen molar-refractivity contribution in [3.05, 3.63) is 0 Å². The van der Waals surface area contributed by atoms with Crippen molar-refractivity contribution in [3.8, 4) is 0 Å². The number of rotatable bonds is 6. The fourth-order valence-electron chi connectivity index (χ4n) is 1.86. The van der Waals surface area contributed by atoms with Crippen LogP contribution < -0.4 is 0 Å². The van der Waals surface area contributed by atoms with Gasteiger partial charge in [0.15, 0.2) is 0 Å². The number of halogens is 11. The molecule has 0 radical (unpaired) electrons. The molecule has 0 aromatic heterocycles. The van der Waals surface area contributed by atoms with E-state index in [2.05, 4.69) is 9.47 Å². The molecule has 25 heavy (non-hydrogen) atoms. The van der Waals surface area contributed by atoms with Crippen LogP contribution in [0.1, 0.15) is 6.42 Å². The Morgan fingerprint density at radius 2 is 1.20 bits per heavy atom. The number of hydrogen-bond acceptors (Lipinski definition) is 3. The second-order valence-corrected chi connectivity index (χ2v) is 4.82. The highest BCUT2D eigenvalue weighted by molar-refractivity contribution is 5.68. The average molecular weight is 400 g/mol. The molecule has 1 aliphatic heterocycles. The lowest BCUT2D eigenvalue weighted by Gasteiger charge is -2.42. The highest BCUT2D eigenvalue weighted by Crippen LogP contribution is 2.60. The molecule has 1 fully saturated rings. The first-order valence-corrected chi connectivity index (χ1v) is 5.95. The molecule has 148 valence electrons. The summed E-state index contributed by atoms with van der Waals surface area (Å²) in [7, 11) is 0. The lowest BCUT2D eigenvalue weighted by molar-refractivity contribution is -0.451. The first-order chi connectivity index (χ1) is 10.9. The zero-order valence-corrected chi connectivity index (χ0v) is 11.5. The van der Waals surface area contributed by atoms with Crippen LogP contribution in [0.2, 0.25) is 0 Å². The molecule has 0 amide bonds. The topological polar surface area (TPSA) is 55.8 Å². The van der Waals surface area contributed by atoms with Gasteiger partial charge in [-0.25, -0.2) is 0 Å². The number of carboxylic acid groups (broad SMARTS) is 1. The summed E-state index contributed by atoms with van der Waals surface area (Å²) in [5.74, 6) is -35.9. The molecule has 0 atom stereocenters. The highest BCUT2D eigenvalue weighted by Gasteiger charge is 2.90. The van der Waals surface area contributed by atoms with E-state index in [1.54, 1.807) is 0 Å². The number of alkyl halides is 11. The molecule has 1 N–H and O–H groups in total. The van der Waals surface area contributed by atoms with Crippen molar-refractivity contribution in [2.75, 3.05) is 13.2 Å². The van der Waals surface area contributed by atoms with Crippen molar-refractivity contribution in [2.24, 2.45) is 0 Å². The summed E-state index contributed by atoms with van der Waals surface area (Å²) in [4.78, 5) is 10.5. The van der Waals surface area contributed by atoms with E-state index in [0.29, 0.717) is 0 Å². The van der Waals surface area contributed by atoms with E-state index >= 15 is 0 Å². The van der Waals surface area contributed by atoms with Crippen LogP contribution in [0.4, 0.5) is 48.3 Å². The van der Waals surface area contributed by atoms with Gasteiger partial charge < -0.3 is 14.6 Å². The van der Waals surface area contributed by atoms with Crippen LogP contribution in [0.15, 0.2) is 0 Å². The van der Waals surface area contributed by atoms with Crippen LogP contribution in [0.5, 0.6) is 0 Å². The predicted molar refractivity (Wildman–Crippen MR) is 52.7 cm³/mol. The van der Waals surface area contributed by atoms with Gasteiger partial charge in [-0.3, -0.25) is 4.79 Å². The molecule has 0 aromatic rings. The Morgan fingerprint density at radius 3 is 1.52 bits per heavy atom. The summed E-state index contributed by atoms with van der Waals surface area (Å²) in [6, 6.07) is 0. The van der Waals surface area contributed by atoms with Crippen LogP contribution in [0.3, 0.4) is 0 Å². The van der Waals surface area contributed by atoms with Gasteiger partial charge in [0.1, 0.15) is 6.42 Å². The van der Waals surface area contributed by atoms with Crippen molar-refractivity contribution in [1.82, 2.24) is 0 Å². The highest BCUT2D eigenvalue weighted by atomic mass is 19.4. The number of ether oxygens (including phenoxy) is 2. The van der Waals surface area contributed by atoms with Gasteiger partial charge in [-0.15, -0.1) is 0 Å². The Morgan fingerprint density at radius 1 is 0.800 bits per heavy atom. The third-order valence-electron chi connectivity index (χ3n) is 3.16. The average Bonchev–Trinajstić information content (AvgIpc) is 2.85. The van der Waals surface area contributed by atoms with Gasteiger partial charge in [0.2, 0.25) is 0 Å². The molecule has 15 heteroatoms. The number of carbonyl (C=O) groups is 1. The molecule has 1 aliphatic rings. The summed E-state index contributed by atoms with van der Waals surface area (Å²) >= 11 is 0. The Labute approximate surface area is 130 Å². The van der Waals surface area contributed by atoms with E-state index in [1.165, 1.54) is 0 Å². The van der Waals surface area contributed by atoms with Gasteiger partial charge >= 0.3 is 35.8 Å². The van der Waals surface area contributed by atoms with Crippen LogP contribution in [-0.2, 0) is 14.3 Å². The number of aliphatic carboxylic acids is 1. The Bertz CT molecular complexity index is 521. The van der Waals surface area contributed by atoms with Crippen molar-refractivity contribution < 1.29 is 67.7 Å². The number of hydrogen-bond donors (Lipinski definition) is 1. The molecule has 0 bridgehead atoms. The minimum Gasteiger partial charge on any atom is -0.481 e. The lowest BCUT2D eigenvalue weighted by atomic mass is 9.91. The Hall–Kier alpha value is -1.38. The largest absolute Gasteiger partial charge is 0.481 e. The molecule has 0 saturated carbocycles. The van der Waals surface area contributed by atoms with Crippen molar-refractivity contribution >= 4 is 5.97 Å². The summed E-state index contributed by atoms with van der Waals surface area (Å²) in [5.41, 5.74) is 0. The van der Waals surface area contributed by atoms with E-state index < -0.39 is 61.3 Å². The van der Waals surface area contributed by atoms with E-state index in [1.807, 2.05) is 0 Å². The van der Waals surface area contributed by atoms with Crippen LogP contribution >= 0.6 is 0 Å². The molecule has 1 rings (SSSR count). The quantitative estimate of drug-likeness (QED) is 0.696. The van der Waals surface area contributed by atoms with Crippen molar-refractivity contribution in [2.45, 2.75) is 42.1 Å². The Kier molecular flexibility index (Phi) is 5.04. The first kappa shape index (κ1) is 21.7. The molecule has 4 nitrogen and oxygen atoms in total. The van der Waals surface area contributed by atoms with Gasteiger partial charge in [0.05, 0.1) is 13.2 Å². The molecule has 0 spiro atoms. The summed E-state index contributed by atoms with van der Waals surface area (Å²) < 4.78 is 150. The van der Waals surface area contributed by atoms with Crippen molar-refractivity contribution in [3.63, 3.8) is 0 Å². The second kappa shape index (κ2) is 5.82. The maximum Gasteiger partial charge on any atom is 0.460 e. The minimum atomic E-state index is -7.66. The molecular formula is C10H7F11O4. The van der Waals surface area contributed by atoms with Gasteiger partial charge in [-0.1, -0.05) is 0 Å². The maximum atomic E-state index is 13.9. The monoisotopic (exact) mass is 400 g/mol. The SMILES string of the molecule is O=C(O)CC1(C(F)(F)C(F)(F)C(F)(F)C(F)(F)C(F)(F)F)OCCO1. The van der Waals surface area contributed by atoms with Crippen LogP contribution in [0, 0.1) is 0 Å². The zero-order valence-electron chi connectivity index (χ0n) is 11.5. The Balaban J connectivity index is 3.49. The van der Waals surface area contributed by atoms with Gasteiger partial charge in [-0.05, 0) is 0 Å². The fraction of sp³-hybridized carbons (Fsp3) is 0.900. The van der Waals surface area contributed by atoms with Crippen molar-refractivity contribution in [1.29, 1.82) is 0 Å². The second-order valence-electron chi connectivity index (χ2n) is 4.82. The first-order valence-electron chi connectivity index (χ1n) is 5.95. The zero-order chi connectivity index (χ0) is 20.1.